The Morgan fingerprint density at radius 2 is 2.27 bits per heavy atom. The van der Waals surface area contributed by atoms with Gasteiger partial charge in [0.25, 0.3) is 0 Å². The summed E-state index contributed by atoms with van der Waals surface area (Å²) in [4.78, 5) is 21.3. The molecule has 3 heterocycles. The van der Waals surface area contributed by atoms with Gasteiger partial charge in [-0.15, -0.1) is 11.3 Å². The highest BCUT2D eigenvalue weighted by molar-refractivity contribution is 7.09. The van der Waals surface area contributed by atoms with E-state index in [4.69, 9.17) is 0 Å². The molecule has 3 aromatic heterocycles. The van der Waals surface area contributed by atoms with Crippen molar-refractivity contribution in [2.75, 3.05) is 11.9 Å². The minimum atomic E-state index is -0.272. The fraction of sp³-hybridized carbons (Fsp3) is 0.143. The zero-order valence-corrected chi connectivity index (χ0v) is 12.5. The summed E-state index contributed by atoms with van der Waals surface area (Å²) in [5.41, 5.74) is 0.571. The molecule has 0 saturated carbocycles. The van der Waals surface area contributed by atoms with Crippen LogP contribution in [0.25, 0.3) is 5.82 Å². The smallest absolute Gasteiger partial charge is 0.319 e. The van der Waals surface area contributed by atoms with E-state index in [0.717, 1.165) is 6.42 Å². The summed E-state index contributed by atoms with van der Waals surface area (Å²) >= 11 is 1.68. The van der Waals surface area contributed by atoms with Crippen molar-refractivity contribution >= 4 is 23.1 Å². The Hall–Kier alpha value is -2.74. The van der Waals surface area contributed by atoms with Crippen LogP contribution in [0.1, 0.15) is 4.88 Å². The third-order valence-electron chi connectivity index (χ3n) is 2.91. The molecule has 0 saturated heterocycles. The van der Waals surface area contributed by atoms with Crippen molar-refractivity contribution in [1.29, 1.82) is 0 Å². The fourth-order valence-corrected chi connectivity index (χ4v) is 2.62. The molecule has 0 fully saturated rings. The Kier molecular flexibility index (Phi) is 4.40. The molecule has 3 rings (SSSR count). The zero-order valence-electron chi connectivity index (χ0n) is 11.6. The van der Waals surface area contributed by atoms with E-state index in [-0.39, 0.29) is 6.03 Å². The highest BCUT2D eigenvalue weighted by Gasteiger charge is 2.09. The van der Waals surface area contributed by atoms with Crippen LogP contribution in [0.5, 0.6) is 0 Å². The number of thiophene rings is 1. The van der Waals surface area contributed by atoms with Gasteiger partial charge in [-0.2, -0.15) is 5.10 Å². The van der Waals surface area contributed by atoms with Crippen molar-refractivity contribution in [3.05, 3.63) is 53.4 Å². The lowest BCUT2D eigenvalue weighted by Gasteiger charge is -2.10. The SMILES string of the molecule is O=C(NCCc1cccs1)Nc1cccnc1-n1cncn1. The van der Waals surface area contributed by atoms with Crippen molar-refractivity contribution in [3.63, 3.8) is 0 Å². The van der Waals surface area contributed by atoms with Gasteiger partial charge in [0.05, 0.1) is 5.69 Å². The van der Waals surface area contributed by atoms with Crippen LogP contribution in [-0.4, -0.2) is 32.3 Å². The minimum absolute atomic E-state index is 0.272. The predicted molar refractivity (Wildman–Crippen MR) is 84.2 cm³/mol. The van der Waals surface area contributed by atoms with Crippen molar-refractivity contribution in [2.45, 2.75) is 6.42 Å². The highest BCUT2D eigenvalue weighted by Crippen LogP contribution is 2.15. The van der Waals surface area contributed by atoms with Gasteiger partial charge in [0.1, 0.15) is 12.7 Å². The average Bonchev–Trinajstić information content (AvgIpc) is 3.21. The number of nitrogens with one attached hydrogen (secondary N) is 2. The predicted octanol–water partition coefficient (Wildman–Crippen LogP) is 2.09. The maximum Gasteiger partial charge on any atom is 0.319 e. The van der Waals surface area contributed by atoms with Gasteiger partial charge in [-0.05, 0) is 30.0 Å². The van der Waals surface area contributed by atoms with Crippen LogP contribution in [-0.2, 0) is 6.42 Å². The van der Waals surface area contributed by atoms with Crippen LogP contribution in [0.2, 0.25) is 0 Å². The summed E-state index contributed by atoms with van der Waals surface area (Å²) < 4.78 is 1.50. The molecule has 0 aliphatic carbocycles. The highest BCUT2D eigenvalue weighted by atomic mass is 32.1. The van der Waals surface area contributed by atoms with Crippen molar-refractivity contribution in [2.24, 2.45) is 0 Å². The summed E-state index contributed by atoms with van der Waals surface area (Å²) in [6.07, 6.45) is 5.40. The molecule has 112 valence electrons. The van der Waals surface area contributed by atoms with Crippen LogP contribution >= 0.6 is 11.3 Å². The first kappa shape index (κ1) is 14.2. The number of carbonyl (C=O) groups is 1. The van der Waals surface area contributed by atoms with Gasteiger partial charge in [0, 0.05) is 17.6 Å². The topological polar surface area (TPSA) is 84.7 Å². The van der Waals surface area contributed by atoms with Gasteiger partial charge in [0.15, 0.2) is 5.82 Å². The summed E-state index contributed by atoms with van der Waals surface area (Å²) in [5.74, 6) is 0.522. The molecule has 3 aromatic rings. The number of carbonyl (C=O) groups excluding carboxylic acids is 1. The first-order valence-electron chi connectivity index (χ1n) is 6.70. The van der Waals surface area contributed by atoms with Gasteiger partial charge in [-0.25, -0.2) is 19.4 Å². The number of hydrogen-bond acceptors (Lipinski definition) is 5. The number of pyridine rings is 1. The third-order valence-corrected chi connectivity index (χ3v) is 3.84. The molecule has 2 amide bonds. The van der Waals surface area contributed by atoms with E-state index in [1.54, 1.807) is 29.7 Å². The van der Waals surface area contributed by atoms with E-state index in [2.05, 4.69) is 25.7 Å². The van der Waals surface area contributed by atoms with Crippen LogP contribution in [0.4, 0.5) is 10.5 Å². The van der Waals surface area contributed by atoms with Crippen LogP contribution in [0.3, 0.4) is 0 Å². The van der Waals surface area contributed by atoms with Gasteiger partial charge < -0.3 is 10.6 Å². The molecule has 0 atom stereocenters. The second-order valence-corrected chi connectivity index (χ2v) is 5.46. The van der Waals surface area contributed by atoms with Crippen molar-refractivity contribution in [1.82, 2.24) is 25.1 Å². The third kappa shape index (κ3) is 3.47. The Morgan fingerprint density at radius 1 is 1.32 bits per heavy atom. The average molecular weight is 314 g/mol. The molecule has 0 unspecified atom stereocenters. The number of rotatable bonds is 5. The normalized spacial score (nSPS) is 10.4. The number of amides is 2. The van der Waals surface area contributed by atoms with E-state index in [0.29, 0.717) is 18.1 Å². The summed E-state index contributed by atoms with van der Waals surface area (Å²) in [6, 6.07) is 7.30. The summed E-state index contributed by atoms with van der Waals surface area (Å²) in [7, 11) is 0. The summed E-state index contributed by atoms with van der Waals surface area (Å²) in [6.45, 7) is 0.575. The number of urea groups is 1. The number of nitrogens with zero attached hydrogens (tertiary/aromatic N) is 4. The Morgan fingerprint density at radius 3 is 3.05 bits per heavy atom. The maximum absolute atomic E-state index is 12.0. The van der Waals surface area contributed by atoms with Gasteiger partial charge >= 0.3 is 6.03 Å². The Bertz CT molecular complexity index is 726. The Labute approximate surface area is 131 Å². The molecule has 0 aliphatic rings. The van der Waals surface area contributed by atoms with E-state index < -0.39 is 0 Å². The second-order valence-electron chi connectivity index (χ2n) is 4.42. The molecule has 0 spiro atoms. The molecule has 22 heavy (non-hydrogen) atoms. The van der Waals surface area contributed by atoms with Gasteiger partial charge in [-0.1, -0.05) is 6.07 Å². The van der Waals surface area contributed by atoms with Crippen LogP contribution in [0.15, 0.2) is 48.5 Å². The molecule has 0 aliphatic heterocycles. The van der Waals surface area contributed by atoms with E-state index >= 15 is 0 Å². The molecule has 7 nitrogen and oxygen atoms in total. The zero-order chi connectivity index (χ0) is 15.2. The lowest BCUT2D eigenvalue weighted by atomic mass is 10.3. The molecule has 0 aromatic carbocycles. The first-order valence-corrected chi connectivity index (χ1v) is 7.58. The molecular weight excluding hydrogens is 300 g/mol. The molecular formula is C14H14N6OS. The van der Waals surface area contributed by atoms with Crippen LogP contribution in [0, 0.1) is 0 Å². The van der Waals surface area contributed by atoms with E-state index in [1.807, 2.05) is 17.5 Å². The number of aromatic nitrogens is 4. The largest absolute Gasteiger partial charge is 0.338 e. The fourth-order valence-electron chi connectivity index (χ4n) is 1.92. The number of anilines is 1. The van der Waals surface area contributed by atoms with Gasteiger partial charge in [0.2, 0.25) is 0 Å². The molecule has 0 bridgehead atoms. The maximum atomic E-state index is 12.0. The summed E-state index contributed by atoms with van der Waals surface area (Å²) in [5, 5.41) is 11.7. The minimum Gasteiger partial charge on any atom is -0.338 e. The van der Waals surface area contributed by atoms with Crippen molar-refractivity contribution in [3.8, 4) is 5.82 Å². The van der Waals surface area contributed by atoms with Crippen LogP contribution < -0.4 is 10.6 Å². The van der Waals surface area contributed by atoms with Crippen molar-refractivity contribution < 1.29 is 4.79 Å². The lowest BCUT2D eigenvalue weighted by Crippen LogP contribution is -2.30. The van der Waals surface area contributed by atoms with E-state index in [9.17, 15) is 4.79 Å². The number of hydrogen-bond donors (Lipinski definition) is 2. The standard InChI is InChI=1S/C14H14N6OS/c21-14(17-7-5-11-3-2-8-22-11)19-12-4-1-6-16-13(12)20-10-15-9-18-20/h1-4,6,8-10H,5,7H2,(H2,17,19,21). The second kappa shape index (κ2) is 6.81. The lowest BCUT2D eigenvalue weighted by molar-refractivity contribution is 0.252. The molecule has 2 N–H and O–H groups in total. The quantitative estimate of drug-likeness (QED) is 0.755. The monoisotopic (exact) mass is 314 g/mol. The molecule has 8 heteroatoms. The molecule has 0 radical (unpaired) electrons. The van der Waals surface area contributed by atoms with Gasteiger partial charge in [-0.3, -0.25) is 0 Å². The first-order chi connectivity index (χ1) is 10.8. The van der Waals surface area contributed by atoms with E-state index in [1.165, 1.54) is 22.2 Å². The Balaban J connectivity index is 1.60.